The van der Waals surface area contributed by atoms with Crippen LogP contribution in [0.15, 0.2) is 36.7 Å². The SMILES string of the molecule is Cc1cc(C)n(C[C@@H](C)CN[C@H](C)c2ccc(-n3cnnn3)cc2)n1. The van der Waals surface area contributed by atoms with Crippen molar-refractivity contribution < 1.29 is 0 Å². The van der Waals surface area contributed by atoms with E-state index >= 15 is 0 Å². The zero-order valence-electron chi connectivity index (χ0n) is 15.2. The van der Waals surface area contributed by atoms with Gasteiger partial charge in [0.15, 0.2) is 0 Å². The summed E-state index contributed by atoms with van der Waals surface area (Å²) < 4.78 is 3.74. The minimum absolute atomic E-state index is 0.283. The van der Waals surface area contributed by atoms with Gasteiger partial charge in [0.2, 0.25) is 0 Å². The van der Waals surface area contributed by atoms with E-state index in [1.54, 1.807) is 11.0 Å². The van der Waals surface area contributed by atoms with Crippen LogP contribution in [0.25, 0.3) is 5.69 Å². The molecule has 2 heterocycles. The Morgan fingerprint density at radius 1 is 1.12 bits per heavy atom. The highest BCUT2D eigenvalue weighted by Crippen LogP contribution is 2.15. The Hall–Kier alpha value is -2.54. The lowest BCUT2D eigenvalue weighted by Crippen LogP contribution is -2.27. The van der Waals surface area contributed by atoms with Gasteiger partial charge in [0.1, 0.15) is 6.33 Å². The van der Waals surface area contributed by atoms with Gasteiger partial charge in [-0.15, -0.1) is 5.10 Å². The summed E-state index contributed by atoms with van der Waals surface area (Å²) in [6.07, 6.45) is 1.59. The summed E-state index contributed by atoms with van der Waals surface area (Å²) in [5, 5.41) is 19.4. The minimum Gasteiger partial charge on any atom is -0.310 e. The molecule has 0 spiro atoms. The van der Waals surface area contributed by atoms with E-state index in [2.05, 4.69) is 69.6 Å². The van der Waals surface area contributed by atoms with E-state index in [-0.39, 0.29) is 6.04 Å². The van der Waals surface area contributed by atoms with Crippen LogP contribution < -0.4 is 5.32 Å². The monoisotopic (exact) mass is 339 g/mol. The first-order chi connectivity index (χ1) is 12.0. The average molecular weight is 339 g/mol. The summed E-state index contributed by atoms with van der Waals surface area (Å²) in [6.45, 7) is 10.4. The molecular formula is C18H25N7. The van der Waals surface area contributed by atoms with Crippen LogP contribution in [-0.4, -0.2) is 36.5 Å². The van der Waals surface area contributed by atoms with Crippen LogP contribution in [0.1, 0.15) is 36.8 Å². The standard InChI is InChI=1S/C18H25N7/c1-13(11-24-15(3)9-14(2)21-24)10-19-16(4)17-5-7-18(8-6-17)25-12-20-22-23-25/h5-9,12-13,16,19H,10-11H2,1-4H3/t13-,16+/m0/s1. The van der Waals surface area contributed by atoms with Gasteiger partial charge in [-0.3, -0.25) is 4.68 Å². The number of nitrogens with zero attached hydrogens (tertiary/aromatic N) is 6. The Kier molecular flexibility index (Phi) is 5.23. The van der Waals surface area contributed by atoms with Crippen molar-refractivity contribution in [3.05, 3.63) is 53.6 Å². The summed E-state index contributed by atoms with van der Waals surface area (Å²) in [5.41, 5.74) is 4.50. The second-order valence-electron chi connectivity index (χ2n) is 6.69. The average Bonchev–Trinajstić information content (AvgIpc) is 3.23. The third-order valence-corrected chi connectivity index (χ3v) is 4.37. The van der Waals surface area contributed by atoms with Gasteiger partial charge in [-0.25, -0.2) is 4.68 Å². The van der Waals surface area contributed by atoms with Crippen molar-refractivity contribution in [2.24, 2.45) is 5.92 Å². The van der Waals surface area contributed by atoms with Crippen molar-refractivity contribution in [3.63, 3.8) is 0 Å². The van der Waals surface area contributed by atoms with Crippen molar-refractivity contribution in [3.8, 4) is 5.69 Å². The lowest BCUT2D eigenvalue weighted by Gasteiger charge is -2.19. The van der Waals surface area contributed by atoms with E-state index in [1.165, 1.54) is 11.3 Å². The molecular weight excluding hydrogens is 314 g/mol. The molecule has 7 nitrogen and oxygen atoms in total. The fourth-order valence-electron chi connectivity index (χ4n) is 2.91. The maximum absolute atomic E-state index is 4.54. The van der Waals surface area contributed by atoms with Gasteiger partial charge < -0.3 is 5.32 Å². The van der Waals surface area contributed by atoms with Crippen LogP contribution in [0.3, 0.4) is 0 Å². The highest BCUT2D eigenvalue weighted by Gasteiger charge is 2.10. The molecule has 2 atom stereocenters. The molecule has 3 aromatic rings. The molecule has 0 saturated carbocycles. The smallest absolute Gasteiger partial charge is 0.143 e. The Morgan fingerprint density at radius 3 is 2.48 bits per heavy atom. The molecule has 0 aliphatic rings. The number of nitrogens with one attached hydrogen (secondary N) is 1. The molecule has 132 valence electrons. The Balaban J connectivity index is 1.53. The largest absolute Gasteiger partial charge is 0.310 e. The summed E-state index contributed by atoms with van der Waals surface area (Å²) in [6, 6.07) is 10.7. The third kappa shape index (κ3) is 4.30. The lowest BCUT2D eigenvalue weighted by molar-refractivity contribution is 0.398. The van der Waals surface area contributed by atoms with Gasteiger partial charge in [-0.2, -0.15) is 5.10 Å². The highest BCUT2D eigenvalue weighted by atomic mass is 15.5. The molecule has 25 heavy (non-hydrogen) atoms. The minimum atomic E-state index is 0.283. The zero-order chi connectivity index (χ0) is 17.8. The molecule has 0 unspecified atom stereocenters. The van der Waals surface area contributed by atoms with Crippen molar-refractivity contribution in [2.75, 3.05) is 6.54 Å². The van der Waals surface area contributed by atoms with Crippen molar-refractivity contribution in [1.82, 2.24) is 35.3 Å². The van der Waals surface area contributed by atoms with E-state index in [0.29, 0.717) is 5.92 Å². The Bertz CT molecular complexity index is 789. The number of aryl methyl sites for hydroxylation is 2. The highest BCUT2D eigenvalue weighted by molar-refractivity contribution is 5.34. The second kappa shape index (κ2) is 7.57. The van der Waals surface area contributed by atoms with Gasteiger partial charge in [0.05, 0.1) is 11.4 Å². The number of hydrogen-bond donors (Lipinski definition) is 1. The fraction of sp³-hybridized carbons (Fsp3) is 0.444. The van der Waals surface area contributed by atoms with Crippen LogP contribution >= 0.6 is 0 Å². The van der Waals surface area contributed by atoms with Gasteiger partial charge >= 0.3 is 0 Å². The Morgan fingerprint density at radius 2 is 1.88 bits per heavy atom. The molecule has 0 aliphatic heterocycles. The maximum Gasteiger partial charge on any atom is 0.143 e. The molecule has 7 heteroatoms. The molecule has 0 bridgehead atoms. The second-order valence-corrected chi connectivity index (χ2v) is 6.69. The van der Waals surface area contributed by atoms with Crippen molar-refractivity contribution in [2.45, 2.75) is 40.3 Å². The number of tetrazole rings is 1. The van der Waals surface area contributed by atoms with Gasteiger partial charge in [-0.05, 0) is 60.9 Å². The molecule has 2 aromatic heterocycles. The van der Waals surface area contributed by atoms with Crippen LogP contribution in [0.5, 0.6) is 0 Å². The maximum atomic E-state index is 4.54. The predicted octanol–water partition coefficient (Wildman–Crippen LogP) is 2.46. The number of hydrogen-bond acceptors (Lipinski definition) is 5. The first-order valence-electron chi connectivity index (χ1n) is 8.60. The van der Waals surface area contributed by atoms with Crippen molar-refractivity contribution >= 4 is 0 Å². The van der Waals surface area contributed by atoms with E-state index in [9.17, 15) is 0 Å². The molecule has 1 N–H and O–H groups in total. The molecule has 0 saturated heterocycles. The predicted molar refractivity (Wildman–Crippen MR) is 96.4 cm³/mol. The van der Waals surface area contributed by atoms with Crippen molar-refractivity contribution in [1.29, 1.82) is 0 Å². The molecule has 0 radical (unpaired) electrons. The normalized spacial score (nSPS) is 13.8. The number of rotatable bonds is 7. The van der Waals surface area contributed by atoms with Crippen LogP contribution in [0, 0.1) is 19.8 Å². The van der Waals surface area contributed by atoms with E-state index in [4.69, 9.17) is 0 Å². The summed E-state index contributed by atoms with van der Waals surface area (Å²) >= 11 is 0. The fourth-order valence-corrected chi connectivity index (χ4v) is 2.91. The van der Waals surface area contributed by atoms with Crippen LogP contribution in [-0.2, 0) is 6.54 Å². The van der Waals surface area contributed by atoms with E-state index in [1.807, 2.05) is 19.1 Å². The zero-order valence-corrected chi connectivity index (χ0v) is 15.2. The molecule has 0 amide bonds. The number of benzene rings is 1. The van der Waals surface area contributed by atoms with Crippen LogP contribution in [0.2, 0.25) is 0 Å². The third-order valence-electron chi connectivity index (χ3n) is 4.37. The molecule has 3 rings (SSSR count). The van der Waals surface area contributed by atoms with Gasteiger partial charge in [0.25, 0.3) is 0 Å². The summed E-state index contributed by atoms with van der Waals surface area (Å²) in [5.74, 6) is 0.501. The van der Waals surface area contributed by atoms with Crippen LogP contribution in [0.4, 0.5) is 0 Å². The first-order valence-corrected chi connectivity index (χ1v) is 8.60. The number of aromatic nitrogens is 6. The summed E-state index contributed by atoms with van der Waals surface area (Å²) in [7, 11) is 0. The first kappa shape index (κ1) is 17.3. The van der Waals surface area contributed by atoms with Gasteiger partial charge in [-0.1, -0.05) is 19.1 Å². The molecule has 0 aliphatic carbocycles. The summed E-state index contributed by atoms with van der Waals surface area (Å²) in [4.78, 5) is 0. The topological polar surface area (TPSA) is 73.5 Å². The molecule has 1 aromatic carbocycles. The quantitative estimate of drug-likeness (QED) is 0.716. The van der Waals surface area contributed by atoms with E-state index in [0.717, 1.165) is 24.5 Å². The van der Waals surface area contributed by atoms with Gasteiger partial charge in [0, 0.05) is 24.8 Å². The lowest BCUT2D eigenvalue weighted by atomic mass is 10.1. The van der Waals surface area contributed by atoms with E-state index < -0.39 is 0 Å². The Labute approximate surface area is 148 Å². The molecule has 0 fully saturated rings.